The molecule has 0 saturated carbocycles. The zero-order valence-electron chi connectivity index (χ0n) is 9.96. The van der Waals surface area contributed by atoms with Crippen molar-refractivity contribution in [3.8, 4) is 0 Å². The van der Waals surface area contributed by atoms with Crippen LogP contribution in [0.3, 0.4) is 0 Å². The highest BCUT2D eigenvalue weighted by Gasteiger charge is 2.03. The number of hydrogen-bond donors (Lipinski definition) is 1. The lowest BCUT2D eigenvalue weighted by Gasteiger charge is -2.10. The molecule has 1 aromatic rings. The summed E-state index contributed by atoms with van der Waals surface area (Å²) < 4.78 is 13.8. The van der Waals surface area contributed by atoms with Crippen LogP contribution in [-0.2, 0) is 11.3 Å². The van der Waals surface area contributed by atoms with E-state index in [1.165, 1.54) is 12.1 Å². The first-order valence-electron chi connectivity index (χ1n) is 5.35. The van der Waals surface area contributed by atoms with Gasteiger partial charge < -0.3 is 10.2 Å². The summed E-state index contributed by atoms with van der Waals surface area (Å²) in [6, 6.07) is 4.74. The van der Waals surface area contributed by atoms with Crippen LogP contribution < -0.4 is 5.32 Å². The fourth-order valence-corrected chi connectivity index (χ4v) is 1.88. The lowest BCUT2D eigenvalue weighted by Crippen LogP contribution is -2.26. The predicted octanol–water partition coefficient (Wildman–Crippen LogP) is 2.16. The van der Waals surface area contributed by atoms with Crippen LogP contribution >= 0.6 is 15.9 Å². The SMILES string of the molecule is CN(C)C(=O)CCNCc1cc(F)cc(Br)c1. The molecule has 1 rings (SSSR count). The maximum atomic E-state index is 13.1. The molecule has 0 aliphatic carbocycles. The van der Waals surface area contributed by atoms with Crippen molar-refractivity contribution in [1.82, 2.24) is 10.2 Å². The van der Waals surface area contributed by atoms with Crippen molar-refractivity contribution in [2.75, 3.05) is 20.6 Å². The van der Waals surface area contributed by atoms with Crippen molar-refractivity contribution in [2.45, 2.75) is 13.0 Å². The Labute approximate surface area is 109 Å². The molecule has 3 nitrogen and oxygen atoms in total. The van der Waals surface area contributed by atoms with Crippen molar-refractivity contribution in [3.63, 3.8) is 0 Å². The van der Waals surface area contributed by atoms with Gasteiger partial charge >= 0.3 is 0 Å². The molecule has 1 amide bonds. The van der Waals surface area contributed by atoms with E-state index < -0.39 is 0 Å². The third-order valence-corrected chi connectivity index (χ3v) is 2.72. The minimum absolute atomic E-state index is 0.0814. The fraction of sp³-hybridized carbons (Fsp3) is 0.417. The molecule has 0 spiro atoms. The molecule has 0 radical (unpaired) electrons. The Bertz CT molecular complexity index is 376. The van der Waals surface area contributed by atoms with Gasteiger partial charge in [-0.1, -0.05) is 15.9 Å². The molecule has 17 heavy (non-hydrogen) atoms. The standard InChI is InChI=1S/C12H16BrFN2O/c1-16(2)12(17)3-4-15-8-9-5-10(13)7-11(14)6-9/h5-7,15H,3-4,8H2,1-2H3. The third kappa shape index (κ3) is 5.28. The van der Waals surface area contributed by atoms with Crippen molar-refractivity contribution in [3.05, 3.63) is 34.1 Å². The molecule has 0 fully saturated rings. The Morgan fingerprint density at radius 2 is 2.12 bits per heavy atom. The molecule has 5 heteroatoms. The fourth-order valence-electron chi connectivity index (χ4n) is 1.36. The van der Waals surface area contributed by atoms with Gasteiger partial charge in [0, 0.05) is 38.1 Å². The van der Waals surface area contributed by atoms with E-state index in [2.05, 4.69) is 21.2 Å². The normalized spacial score (nSPS) is 10.4. The zero-order valence-corrected chi connectivity index (χ0v) is 11.6. The van der Waals surface area contributed by atoms with E-state index in [1.807, 2.05) is 6.07 Å². The Morgan fingerprint density at radius 1 is 1.41 bits per heavy atom. The van der Waals surface area contributed by atoms with Crippen molar-refractivity contribution < 1.29 is 9.18 Å². The highest BCUT2D eigenvalue weighted by atomic mass is 79.9. The van der Waals surface area contributed by atoms with Gasteiger partial charge in [0.2, 0.25) is 5.91 Å². The number of carbonyl (C=O) groups is 1. The predicted molar refractivity (Wildman–Crippen MR) is 69.1 cm³/mol. The molecule has 0 aliphatic heterocycles. The summed E-state index contributed by atoms with van der Waals surface area (Å²) in [6.45, 7) is 1.14. The van der Waals surface area contributed by atoms with E-state index in [4.69, 9.17) is 0 Å². The summed E-state index contributed by atoms with van der Waals surface area (Å²) in [5.41, 5.74) is 0.856. The molecule has 0 aliphatic rings. The summed E-state index contributed by atoms with van der Waals surface area (Å²) in [7, 11) is 3.46. The van der Waals surface area contributed by atoms with Crippen LogP contribution in [0.15, 0.2) is 22.7 Å². The molecule has 1 aromatic carbocycles. The van der Waals surface area contributed by atoms with Gasteiger partial charge in [0.15, 0.2) is 0 Å². The zero-order chi connectivity index (χ0) is 12.8. The van der Waals surface area contributed by atoms with Gasteiger partial charge in [-0.05, 0) is 23.8 Å². The number of nitrogens with one attached hydrogen (secondary N) is 1. The number of nitrogens with zero attached hydrogens (tertiary/aromatic N) is 1. The number of halogens is 2. The molecule has 0 heterocycles. The number of hydrogen-bond acceptors (Lipinski definition) is 2. The van der Waals surface area contributed by atoms with E-state index in [1.54, 1.807) is 19.0 Å². The quantitative estimate of drug-likeness (QED) is 0.846. The monoisotopic (exact) mass is 302 g/mol. The number of carbonyl (C=O) groups excluding carboxylic acids is 1. The lowest BCUT2D eigenvalue weighted by molar-refractivity contribution is -0.128. The molecule has 0 unspecified atom stereocenters. The number of benzene rings is 1. The minimum Gasteiger partial charge on any atom is -0.349 e. The summed E-state index contributed by atoms with van der Waals surface area (Å²) in [5, 5.41) is 3.11. The average Bonchev–Trinajstić information content (AvgIpc) is 2.22. The third-order valence-electron chi connectivity index (χ3n) is 2.27. The summed E-state index contributed by atoms with van der Waals surface area (Å²) in [6.07, 6.45) is 0.448. The van der Waals surface area contributed by atoms with Gasteiger partial charge in [-0.3, -0.25) is 4.79 Å². The molecule has 1 N–H and O–H groups in total. The Morgan fingerprint density at radius 3 is 2.71 bits per heavy atom. The van der Waals surface area contributed by atoms with Crippen LogP contribution in [0.4, 0.5) is 4.39 Å². The second-order valence-corrected chi connectivity index (χ2v) is 4.91. The molecule has 0 atom stereocenters. The maximum Gasteiger partial charge on any atom is 0.223 e. The highest BCUT2D eigenvalue weighted by molar-refractivity contribution is 9.10. The van der Waals surface area contributed by atoms with E-state index in [0.29, 0.717) is 19.5 Å². The van der Waals surface area contributed by atoms with E-state index in [0.717, 1.165) is 10.0 Å². The van der Waals surface area contributed by atoms with Crippen LogP contribution in [0.25, 0.3) is 0 Å². The van der Waals surface area contributed by atoms with Gasteiger partial charge in [-0.25, -0.2) is 4.39 Å². The second-order valence-electron chi connectivity index (χ2n) is 3.99. The maximum absolute atomic E-state index is 13.1. The van der Waals surface area contributed by atoms with Crippen LogP contribution in [0, 0.1) is 5.82 Å². The first-order valence-corrected chi connectivity index (χ1v) is 6.14. The van der Waals surface area contributed by atoms with Crippen LogP contribution in [0.2, 0.25) is 0 Å². The minimum atomic E-state index is -0.263. The first kappa shape index (κ1) is 14.1. The van der Waals surface area contributed by atoms with Gasteiger partial charge in [0.25, 0.3) is 0 Å². The second kappa shape index (κ2) is 6.71. The van der Waals surface area contributed by atoms with Crippen LogP contribution in [0.5, 0.6) is 0 Å². The average molecular weight is 303 g/mol. The van der Waals surface area contributed by atoms with E-state index in [-0.39, 0.29) is 11.7 Å². The first-order chi connectivity index (χ1) is 7.99. The number of rotatable bonds is 5. The highest BCUT2D eigenvalue weighted by Crippen LogP contribution is 2.14. The summed E-state index contributed by atoms with van der Waals surface area (Å²) in [4.78, 5) is 12.8. The van der Waals surface area contributed by atoms with Crippen LogP contribution in [-0.4, -0.2) is 31.4 Å². The van der Waals surface area contributed by atoms with E-state index in [9.17, 15) is 9.18 Å². The van der Waals surface area contributed by atoms with Gasteiger partial charge in [-0.15, -0.1) is 0 Å². The Kier molecular flexibility index (Phi) is 5.58. The molecule has 0 saturated heterocycles. The van der Waals surface area contributed by atoms with Crippen LogP contribution in [0.1, 0.15) is 12.0 Å². The summed E-state index contributed by atoms with van der Waals surface area (Å²) in [5.74, 6) is -0.182. The van der Waals surface area contributed by atoms with E-state index >= 15 is 0 Å². The molecule has 0 aromatic heterocycles. The van der Waals surface area contributed by atoms with Crippen molar-refractivity contribution >= 4 is 21.8 Å². The summed E-state index contributed by atoms with van der Waals surface area (Å²) >= 11 is 3.24. The van der Waals surface area contributed by atoms with Gasteiger partial charge in [0.1, 0.15) is 5.82 Å². The van der Waals surface area contributed by atoms with Gasteiger partial charge in [0.05, 0.1) is 0 Å². The molecule has 94 valence electrons. The number of amides is 1. The molecule has 0 bridgehead atoms. The van der Waals surface area contributed by atoms with Gasteiger partial charge in [-0.2, -0.15) is 0 Å². The molecular formula is C12H16BrFN2O. The lowest BCUT2D eigenvalue weighted by atomic mass is 10.2. The van der Waals surface area contributed by atoms with Crippen molar-refractivity contribution in [1.29, 1.82) is 0 Å². The Balaban J connectivity index is 2.33. The smallest absolute Gasteiger partial charge is 0.223 e. The van der Waals surface area contributed by atoms with Crippen molar-refractivity contribution in [2.24, 2.45) is 0 Å². The topological polar surface area (TPSA) is 32.3 Å². The molecular weight excluding hydrogens is 287 g/mol. The Hall–Kier alpha value is -0.940. The largest absolute Gasteiger partial charge is 0.349 e.